The maximum Gasteiger partial charge on any atom is 0.135 e. The molecule has 0 bridgehead atoms. The molecule has 0 amide bonds. The van der Waals surface area contributed by atoms with Gasteiger partial charge in [0.2, 0.25) is 0 Å². The lowest BCUT2D eigenvalue weighted by atomic mass is 10.2. The van der Waals surface area contributed by atoms with Crippen LogP contribution in [0.25, 0.3) is 11.3 Å². The molecule has 0 aliphatic rings. The summed E-state index contributed by atoms with van der Waals surface area (Å²) in [5, 5.41) is 0. The Morgan fingerprint density at radius 3 is 2.82 bits per heavy atom. The molecule has 2 aromatic heterocycles. The second-order valence-electron chi connectivity index (χ2n) is 2.22. The van der Waals surface area contributed by atoms with E-state index in [4.69, 9.17) is 4.42 Å². The second kappa shape index (κ2) is 2.58. The molecule has 11 heavy (non-hydrogen) atoms. The Bertz CT molecular complexity index is 313. The molecule has 0 aliphatic carbocycles. The van der Waals surface area contributed by atoms with Gasteiger partial charge in [0.05, 0.1) is 6.26 Å². The van der Waals surface area contributed by atoms with E-state index in [0.29, 0.717) is 0 Å². The van der Waals surface area contributed by atoms with E-state index in [1.54, 1.807) is 18.7 Å². The number of rotatable bonds is 1. The molecule has 2 aromatic rings. The molecule has 0 saturated heterocycles. The summed E-state index contributed by atoms with van der Waals surface area (Å²) in [7, 11) is 0. The maximum atomic E-state index is 5.18. The van der Waals surface area contributed by atoms with Gasteiger partial charge in [0.15, 0.2) is 0 Å². The Morgan fingerprint density at radius 1 is 1.18 bits per heavy atom. The van der Waals surface area contributed by atoms with Gasteiger partial charge < -0.3 is 4.42 Å². The van der Waals surface area contributed by atoms with Gasteiger partial charge in [0.1, 0.15) is 5.76 Å². The Kier molecular flexibility index (Phi) is 1.44. The zero-order valence-electron chi connectivity index (χ0n) is 5.90. The van der Waals surface area contributed by atoms with E-state index in [1.807, 2.05) is 24.3 Å². The van der Waals surface area contributed by atoms with Crippen molar-refractivity contribution in [3.63, 3.8) is 0 Å². The van der Waals surface area contributed by atoms with Crippen LogP contribution in [-0.2, 0) is 0 Å². The molecule has 2 rings (SSSR count). The highest BCUT2D eigenvalue weighted by Crippen LogP contribution is 2.17. The molecule has 2 nitrogen and oxygen atoms in total. The zero-order valence-corrected chi connectivity index (χ0v) is 5.90. The lowest BCUT2D eigenvalue weighted by Crippen LogP contribution is -1.73. The average Bonchev–Trinajstić information content (AvgIpc) is 2.58. The smallest absolute Gasteiger partial charge is 0.135 e. The SMILES string of the molecule is c1cncc(-c2ccco2)c1. The van der Waals surface area contributed by atoms with Crippen molar-refractivity contribution in [2.45, 2.75) is 0 Å². The predicted octanol–water partition coefficient (Wildman–Crippen LogP) is 2.34. The highest BCUT2D eigenvalue weighted by molar-refractivity contribution is 5.54. The van der Waals surface area contributed by atoms with E-state index in [1.165, 1.54) is 0 Å². The average molecular weight is 145 g/mol. The zero-order chi connectivity index (χ0) is 7.52. The lowest BCUT2D eigenvalue weighted by Gasteiger charge is -1.91. The van der Waals surface area contributed by atoms with Gasteiger partial charge >= 0.3 is 0 Å². The minimum atomic E-state index is 0.859. The molecule has 0 fully saturated rings. The summed E-state index contributed by atoms with van der Waals surface area (Å²) >= 11 is 0. The summed E-state index contributed by atoms with van der Waals surface area (Å²) in [4.78, 5) is 3.98. The van der Waals surface area contributed by atoms with Crippen LogP contribution in [0, 0.1) is 0 Å². The molecule has 0 N–H and O–H groups in total. The molecule has 2 heteroatoms. The molecular weight excluding hydrogens is 138 g/mol. The topological polar surface area (TPSA) is 26.0 Å². The summed E-state index contributed by atoms with van der Waals surface area (Å²) in [5.41, 5.74) is 1.01. The van der Waals surface area contributed by atoms with Crippen LogP contribution in [-0.4, -0.2) is 4.98 Å². The van der Waals surface area contributed by atoms with Crippen molar-refractivity contribution in [1.82, 2.24) is 4.98 Å². The molecule has 0 saturated carbocycles. The Morgan fingerprint density at radius 2 is 2.18 bits per heavy atom. The minimum Gasteiger partial charge on any atom is -0.464 e. The first-order valence-corrected chi connectivity index (χ1v) is 3.41. The largest absolute Gasteiger partial charge is 0.464 e. The third-order valence-electron chi connectivity index (χ3n) is 1.47. The van der Waals surface area contributed by atoms with Crippen LogP contribution in [0.4, 0.5) is 0 Å². The van der Waals surface area contributed by atoms with E-state index >= 15 is 0 Å². The van der Waals surface area contributed by atoms with Gasteiger partial charge in [-0.2, -0.15) is 0 Å². The number of pyridine rings is 1. The molecule has 2 heterocycles. The molecule has 0 aromatic carbocycles. The monoisotopic (exact) mass is 145 g/mol. The Labute approximate surface area is 64.5 Å². The Balaban J connectivity index is 2.46. The second-order valence-corrected chi connectivity index (χ2v) is 2.22. The normalized spacial score (nSPS) is 9.82. The number of furan rings is 1. The number of hydrogen-bond donors (Lipinski definition) is 0. The molecule has 0 atom stereocenters. The van der Waals surface area contributed by atoms with E-state index in [2.05, 4.69) is 4.98 Å². The third-order valence-corrected chi connectivity index (χ3v) is 1.47. The highest BCUT2D eigenvalue weighted by atomic mass is 16.3. The van der Waals surface area contributed by atoms with Crippen LogP contribution in [0.2, 0.25) is 0 Å². The fraction of sp³-hybridized carbons (Fsp3) is 0. The molecule has 54 valence electrons. The van der Waals surface area contributed by atoms with Gasteiger partial charge in [-0.1, -0.05) is 0 Å². The van der Waals surface area contributed by atoms with Gasteiger partial charge in [-0.15, -0.1) is 0 Å². The fourth-order valence-electron chi connectivity index (χ4n) is 0.951. The quantitative estimate of drug-likeness (QED) is 0.615. The number of nitrogens with zero attached hydrogens (tertiary/aromatic N) is 1. The van der Waals surface area contributed by atoms with Gasteiger partial charge in [0, 0.05) is 18.0 Å². The number of aromatic nitrogens is 1. The summed E-state index contributed by atoms with van der Waals surface area (Å²) in [6, 6.07) is 7.63. The highest BCUT2D eigenvalue weighted by Gasteiger charge is 1.96. The van der Waals surface area contributed by atoms with Crippen LogP contribution in [0.5, 0.6) is 0 Å². The van der Waals surface area contributed by atoms with Gasteiger partial charge in [-0.3, -0.25) is 4.98 Å². The fourth-order valence-corrected chi connectivity index (χ4v) is 0.951. The van der Waals surface area contributed by atoms with E-state index in [-0.39, 0.29) is 0 Å². The van der Waals surface area contributed by atoms with Crippen molar-refractivity contribution < 1.29 is 4.42 Å². The predicted molar refractivity (Wildman–Crippen MR) is 41.9 cm³/mol. The molecule has 0 unspecified atom stereocenters. The summed E-state index contributed by atoms with van der Waals surface area (Å²) < 4.78 is 5.18. The van der Waals surface area contributed by atoms with Crippen molar-refractivity contribution in [1.29, 1.82) is 0 Å². The van der Waals surface area contributed by atoms with Crippen LogP contribution in [0.3, 0.4) is 0 Å². The maximum absolute atomic E-state index is 5.18. The summed E-state index contributed by atoms with van der Waals surface area (Å²) in [5.74, 6) is 0.859. The molecule has 0 spiro atoms. The number of hydrogen-bond acceptors (Lipinski definition) is 2. The van der Waals surface area contributed by atoms with Crippen molar-refractivity contribution in [2.75, 3.05) is 0 Å². The van der Waals surface area contributed by atoms with Gasteiger partial charge in [-0.25, -0.2) is 0 Å². The van der Waals surface area contributed by atoms with E-state index in [0.717, 1.165) is 11.3 Å². The Hall–Kier alpha value is -1.57. The minimum absolute atomic E-state index is 0.859. The third kappa shape index (κ3) is 1.15. The van der Waals surface area contributed by atoms with E-state index < -0.39 is 0 Å². The van der Waals surface area contributed by atoms with Crippen molar-refractivity contribution in [2.24, 2.45) is 0 Å². The van der Waals surface area contributed by atoms with Crippen LogP contribution in [0.1, 0.15) is 0 Å². The first-order chi connectivity index (χ1) is 5.47. The summed E-state index contributed by atoms with van der Waals surface area (Å²) in [6.07, 6.45) is 5.17. The first-order valence-electron chi connectivity index (χ1n) is 3.41. The first kappa shape index (κ1) is 6.16. The van der Waals surface area contributed by atoms with Gasteiger partial charge in [0.25, 0.3) is 0 Å². The lowest BCUT2D eigenvalue weighted by molar-refractivity contribution is 0.582. The molecule has 0 aliphatic heterocycles. The van der Waals surface area contributed by atoms with Crippen molar-refractivity contribution >= 4 is 0 Å². The van der Waals surface area contributed by atoms with Crippen LogP contribution >= 0.6 is 0 Å². The molecular formula is C9H7NO. The molecule has 0 radical (unpaired) electrons. The summed E-state index contributed by atoms with van der Waals surface area (Å²) in [6.45, 7) is 0. The van der Waals surface area contributed by atoms with Crippen molar-refractivity contribution in [3.8, 4) is 11.3 Å². The van der Waals surface area contributed by atoms with Gasteiger partial charge in [-0.05, 0) is 24.3 Å². The van der Waals surface area contributed by atoms with Crippen molar-refractivity contribution in [3.05, 3.63) is 42.9 Å². The standard InChI is InChI=1S/C9H7NO/c1-3-8(7-10-5-1)9-4-2-6-11-9/h1-7H. The van der Waals surface area contributed by atoms with Crippen LogP contribution < -0.4 is 0 Å². The van der Waals surface area contributed by atoms with E-state index in [9.17, 15) is 0 Å². The van der Waals surface area contributed by atoms with Crippen LogP contribution in [0.15, 0.2) is 47.3 Å².